The number of pyridine rings is 2. The predicted molar refractivity (Wildman–Crippen MR) is 142 cm³/mol. The second kappa shape index (κ2) is 9.60. The first-order valence-corrected chi connectivity index (χ1v) is 13.1. The fraction of sp³-hybridized carbons (Fsp3) is 0.259. The first-order chi connectivity index (χ1) is 17.3. The molecular weight excluding hydrogens is 497 g/mol. The van der Waals surface area contributed by atoms with E-state index in [4.69, 9.17) is 19.6 Å². The minimum Gasteiger partial charge on any atom is -0.496 e. The van der Waals surface area contributed by atoms with Gasteiger partial charge in [-0.05, 0) is 34.7 Å². The molecule has 2 heterocycles. The van der Waals surface area contributed by atoms with E-state index in [9.17, 15) is 17.6 Å². The van der Waals surface area contributed by atoms with Gasteiger partial charge < -0.3 is 9.47 Å². The topological polar surface area (TPSA) is 124 Å². The minimum atomic E-state index is -3.64. The van der Waals surface area contributed by atoms with Crippen LogP contribution in [0.25, 0.3) is 33.2 Å². The van der Waals surface area contributed by atoms with E-state index in [-0.39, 0.29) is 17.0 Å². The van der Waals surface area contributed by atoms with Crippen LogP contribution in [0.3, 0.4) is 0 Å². The summed E-state index contributed by atoms with van der Waals surface area (Å²) in [6.07, 6.45) is 1.67. The number of fused-ring (bicyclic) bond motifs is 1. The normalized spacial score (nSPS) is 12.1. The third-order valence-corrected chi connectivity index (χ3v) is 6.78. The Balaban J connectivity index is 2.00. The first-order valence-electron chi connectivity index (χ1n) is 11.4. The second-order valence-corrected chi connectivity index (χ2v) is 11.4. The maximum atomic E-state index is 14.4. The highest BCUT2D eigenvalue weighted by Gasteiger charge is 2.26. The van der Waals surface area contributed by atoms with Gasteiger partial charge in [0.25, 0.3) is 5.56 Å². The standard InChI is InChI=1S/C27H28FN3O5S/c1-27(2,3)21-11-18(19-12-22(28)25(32)31-26(19)36-5)23-20(24(21)35-4)10-17(13-30-23)16-8-6-15(7-9-16)14-37(29,33)34/h6-13H,14H2,1-5H3,(H,31,32)(H2,29,33,34). The largest absolute Gasteiger partial charge is 0.496 e. The number of hydrogen-bond acceptors (Lipinski definition) is 6. The molecule has 0 radical (unpaired) electrons. The average molecular weight is 526 g/mol. The lowest BCUT2D eigenvalue weighted by Crippen LogP contribution is -2.15. The van der Waals surface area contributed by atoms with Gasteiger partial charge in [0.1, 0.15) is 5.75 Å². The number of nitrogens with zero attached hydrogens (tertiary/aromatic N) is 1. The zero-order valence-electron chi connectivity index (χ0n) is 21.2. The van der Waals surface area contributed by atoms with E-state index in [0.29, 0.717) is 33.3 Å². The Morgan fingerprint density at radius 3 is 2.24 bits per heavy atom. The van der Waals surface area contributed by atoms with Crippen molar-refractivity contribution < 1.29 is 22.3 Å². The number of benzene rings is 2. The smallest absolute Gasteiger partial charge is 0.286 e. The molecule has 0 unspecified atom stereocenters. The SMILES string of the molecule is COc1[nH]c(=O)c(F)cc1-c1cc(C(C)(C)C)c(OC)c2cc(-c3ccc(CS(N)(=O)=O)cc3)cnc12. The number of nitrogens with one attached hydrogen (secondary N) is 1. The molecule has 0 saturated carbocycles. The van der Waals surface area contributed by atoms with Crippen LogP contribution in [0.5, 0.6) is 11.6 Å². The van der Waals surface area contributed by atoms with Crippen LogP contribution >= 0.6 is 0 Å². The van der Waals surface area contributed by atoms with Gasteiger partial charge in [0, 0.05) is 33.8 Å². The van der Waals surface area contributed by atoms with Crippen molar-refractivity contribution in [2.45, 2.75) is 31.9 Å². The number of H-pyrrole nitrogens is 1. The van der Waals surface area contributed by atoms with Crippen molar-refractivity contribution in [3.63, 3.8) is 0 Å². The summed E-state index contributed by atoms with van der Waals surface area (Å²) in [7, 11) is -0.663. The van der Waals surface area contributed by atoms with Gasteiger partial charge in [-0.1, -0.05) is 45.0 Å². The fourth-order valence-electron chi connectivity index (χ4n) is 4.29. The van der Waals surface area contributed by atoms with Crippen LogP contribution in [-0.2, 0) is 21.2 Å². The van der Waals surface area contributed by atoms with E-state index >= 15 is 0 Å². The van der Waals surface area contributed by atoms with Crippen molar-refractivity contribution in [1.29, 1.82) is 0 Å². The molecular formula is C27H28FN3O5S. The Labute approximate surface area is 214 Å². The first kappa shape index (κ1) is 26.3. The number of methoxy groups -OCH3 is 2. The molecule has 0 amide bonds. The molecule has 0 aliphatic heterocycles. The summed E-state index contributed by atoms with van der Waals surface area (Å²) in [5.41, 5.74) is 3.23. The summed E-state index contributed by atoms with van der Waals surface area (Å²) in [6, 6.07) is 11.9. The van der Waals surface area contributed by atoms with Crippen molar-refractivity contribution in [2.24, 2.45) is 5.14 Å². The van der Waals surface area contributed by atoms with Crippen molar-refractivity contribution in [3.05, 3.63) is 76.0 Å². The van der Waals surface area contributed by atoms with Gasteiger partial charge in [0.2, 0.25) is 15.9 Å². The molecule has 0 fully saturated rings. The Kier molecular flexibility index (Phi) is 6.83. The molecule has 0 bridgehead atoms. The number of nitrogens with two attached hydrogens (primary N) is 1. The molecule has 37 heavy (non-hydrogen) atoms. The quantitative estimate of drug-likeness (QED) is 0.382. The van der Waals surface area contributed by atoms with Crippen LogP contribution in [0, 0.1) is 5.82 Å². The number of halogens is 1. The monoisotopic (exact) mass is 525 g/mol. The number of rotatable bonds is 6. The van der Waals surface area contributed by atoms with Crippen LogP contribution in [0.4, 0.5) is 4.39 Å². The molecule has 2 aromatic carbocycles. The van der Waals surface area contributed by atoms with Crippen molar-refractivity contribution in [1.82, 2.24) is 9.97 Å². The summed E-state index contributed by atoms with van der Waals surface area (Å²) in [5.74, 6) is -0.454. The van der Waals surface area contributed by atoms with Crippen molar-refractivity contribution in [2.75, 3.05) is 14.2 Å². The molecule has 0 saturated heterocycles. The van der Waals surface area contributed by atoms with E-state index in [1.165, 1.54) is 7.11 Å². The van der Waals surface area contributed by atoms with Gasteiger partial charge in [-0.2, -0.15) is 0 Å². The Morgan fingerprint density at radius 1 is 1.00 bits per heavy atom. The van der Waals surface area contributed by atoms with Crippen LogP contribution in [0.15, 0.2) is 53.5 Å². The van der Waals surface area contributed by atoms with Gasteiger partial charge in [-0.15, -0.1) is 0 Å². The molecule has 0 aliphatic rings. The third-order valence-electron chi connectivity index (χ3n) is 6.04. The second-order valence-electron chi connectivity index (χ2n) is 9.77. The highest BCUT2D eigenvalue weighted by Crippen LogP contribution is 2.44. The number of primary sulfonamides is 1. The number of sulfonamides is 1. The van der Waals surface area contributed by atoms with Crippen molar-refractivity contribution in [3.8, 4) is 33.9 Å². The lowest BCUT2D eigenvalue weighted by atomic mass is 9.83. The molecule has 10 heteroatoms. The maximum absolute atomic E-state index is 14.4. The van der Waals surface area contributed by atoms with Gasteiger partial charge in [-0.25, -0.2) is 17.9 Å². The molecule has 4 aromatic rings. The number of hydrogen-bond donors (Lipinski definition) is 2. The average Bonchev–Trinajstić information content (AvgIpc) is 2.83. The summed E-state index contributed by atoms with van der Waals surface area (Å²) in [6.45, 7) is 6.10. The Hall–Kier alpha value is -3.76. The molecule has 2 aromatic heterocycles. The van der Waals surface area contributed by atoms with Crippen LogP contribution in [0.1, 0.15) is 31.9 Å². The van der Waals surface area contributed by atoms with Gasteiger partial charge in [0.15, 0.2) is 5.82 Å². The van der Waals surface area contributed by atoms with E-state index in [1.807, 2.05) is 32.9 Å². The zero-order chi connectivity index (χ0) is 27.1. The molecule has 0 atom stereocenters. The van der Waals surface area contributed by atoms with Gasteiger partial charge in [0.05, 0.1) is 25.5 Å². The predicted octanol–water partition coefficient (Wildman–Crippen LogP) is 4.50. The van der Waals surface area contributed by atoms with E-state index in [2.05, 4.69) is 4.98 Å². The molecule has 0 aliphatic carbocycles. The highest BCUT2D eigenvalue weighted by molar-refractivity contribution is 7.88. The third kappa shape index (κ3) is 5.35. The minimum absolute atomic E-state index is 0.119. The van der Waals surface area contributed by atoms with E-state index in [0.717, 1.165) is 22.8 Å². The van der Waals surface area contributed by atoms with Gasteiger partial charge >= 0.3 is 0 Å². The van der Waals surface area contributed by atoms with Crippen molar-refractivity contribution >= 4 is 20.9 Å². The highest BCUT2D eigenvalue weighted by atomic mass is 32.2. The number of aromatic nitrogens is 2. The number of aromatic amines is 1. The molecule has 8 nitrogen and oxygen atoms in total. The molecule has 4 rings (SSSR count). The summed E-state index contributed by atoms with van der Waals surface area (Å²) in [5, 5.41) is 5.84. The summed E-state index contributed by atoms with van der Waals surface area (Å²) >= 11 is 0. The number of ether oxygens (including phenoxy) is 2. The van der Waals surface area contributed by atoms with E-state index < -0.39 is 21.4 Å². The maximum Gasteiger partial charge on any atom is 0.286 e. The van der Waals surface area contributed by atoms with Crippen LogP contribution in [0.2, 0.25) is 0 Å². The molecule has 3 N–H and O–H groups in total. The zero-order valence-corrected chi connectivity index (χ0v) is 22.0. The lowest BCUT2D eigenvalue weighted by Gasteiger charge is -2.25. The summed E-state index contributed by atoms with van der Waals surface area (Å²) < 4.78 is 48.5. The van der Waals surface area contributed by atoms with Crippen LogP contribution in [-0.4, -0.2) is 32.6 Å². The Morgan fingerprint density at radius 2 is 1.68 bits per heavy atom. The molecule has 194 valence electrons. The van der Waals surface area contributed by atoms with Crippen LogP contribution < -0.4 is 20.2 Å². The summed E-state index contributed by atoms with van der Waals surface area (Å²) in [4.78, 5) is 19.0. The fourth-order valence-corrected chi connectivity index (χ4v) is 4.95. The Bertz CT molecular complexity index is 1660. The van der Waals surface area contributed by atoms with E-state index in [1.54, 1.807) is 37.6 Å². The molecule has 0 spiro atoms. The van der Waals surface area contributed by atoms with Gasteiger partial charge in [-0.3, -0.25) is 14.8 Å². The lowest BCUT2D eigenvalue weighted by molar-refractivity contribution is 0.395.